The molecule has 0 aliphatic heterocycles. The molecule has 6 heteroatoms. The Kier molecular flexibility index (Phi) is 4.01. The van der Waals surface area contributed by atoms with E-state index in [0.717, 1.165) is 10.9 Å². The molecular formula is C13H15BrFN3O. The minimum absolute atomic E-state index is 0.284. The number of hydrogen-bond donors (Lipinski definition) is 1. The lowest BCUT2D eigenvalue weighted by Gasteiger charge is -2.16. The van der Waals surface area contributed by atoms with Crippen LogP contribution in [0, 0.1) is 5.82 Å². The third kappa shape index (κ3) is 3.84. The van der Waals surface area contributed by atoms with Gasteiger partial charge in [0.2, 0.25) is 11.7 Å². The minimum atomic E-state index is -0.340. The smallest absolute Gasteiger partial charge is 0.227 e. The van der Waals surface area contributed by atoms with Crippen LogP contribution >= 0.6 is 15.9 Å². The SMILES string of the molecule is CC(C)(N)CCc1nc(-c2cc(F)ccc2Br)no1. The zero-order valence-corrected chi connectivity index (χ0v) is 12.4. The van der Waals surface area contributed by atoms with Crippen molar-refractivity contribution in [2.45, 2.75) is 32.2 Å². The van der Waals surface area contributed by atoms with E-state index in [-0.39, 0.29) is 11.4 Å². The fourth-order valence-electron chi connectivity index (χ4n) is 1.56. The van der Waals surface area contributed by atoms with E-state index in [1.54, 1.807) is 6.07 Å². The Morgan fingerprint density at radius 1 is 1.42 bits per heavy atom. The van der Waals surface area contributed by atoms with E-state index in [2.05, 4.69) is 26.1 Å². The van der Waals surface area contributed by atoms with E-state index in [9.17, 15) is 4.39 Å². The Hall–Kier alpha value is -1.27. The predicted molar refractivity (Wildman–Crippen MR) is 74.0 cm³/mol. The first-order chi connectivity index (χ1) is 8.85. The molecule has 0 amide bonds. The topological polar surface area (TPSA) is 64.9 Å². The van der Waals surface area contributed by atoms with Gasteiger partial charge in [-0.05, 0) is 38.5 Å². The largest absolute Gasteiger partial charge is 0.339 e. The van der Waals surface area contributed by atoms with Crippen LogP contribution in [0.5, 0.6) is 0 Å². The van der Waals surface area contributed by atoms with Crippen LogP contribution < -0.4 is 5.73 Å². The third-order valence-corrected chi connectivity index (χ3v) is 3.31. The molecule has 19 heavy (non-hydrogen) atoms. The number of benzene rings is 1. The van der Waals surface area contributed by atoms with Crippen molar-refractivity contribution in [3.05, 3.63) is 34.4 Å². The molecule has 4 nitrogen and oxygen atoms in total. The van der Waals surface area contributed by atoms with Crippen molar-refractivity contribution in [2.75, 3.05) is 0 Å². The Morgan fingerprint density at radius 3 is 2.84 bits per heavy atom. The van der Waals surface area contributed by atoms with E-state index in [0.29, 0.717) is 23.7 Å². The molecule has 2 aromatic rings. The van der Waals surface area contributed by atoms with Gasteiger partial charge in [-0.15, -0.1) is 0 Å². The number of nitrogens with two attached hydrogens (primary N) is 1. The van der Waals surface area contributed by atoms with Crippen LogP contribution in [-0.4, -0.2) is 15.7 Å². The summed E-state index contributed by atoms with van der Waals surface area (Å²) in [6.45, 7) is 3.88. The van der Waals surface area contributed by atoms with Crippen molar-refractivity contribution >= 4 is 15.9 Å². The molecule has 0 fully saturated rings. The second-order valence-corrected chi connectivity index (χ2v) is 5.98. The Balaban J connectivity index is 2.19. The summed E-state index contributed by atoms with van der Waals surface area (Å²) in [7, 11) is 0. The molecule has 0 aliphatic carbocycles. The zero-order chi connectivity index (χ0) is 14.0. The third-order valence-electron chi connectivity index (χ3n) is 2.62. The first kappa shape index (κ1) is 14.1. The predicted octanol–water partition coefficient (Wildman–Crippen LogP) is 3.31. The van der Waals surface area contributed by atoms with Gasteiger partial charge in [0, 0.05) is 22.0 Å². The summed E-state index contributed by atoms with van der Waals surface area (Å²) in [5, 5.41) is 3.87. The monoisotopic (exact) mass is 327 g/mol. The Bertz CT molecular complexity index is 578. The number of aryl methyl sites for hydroxylation is 1. The van der Waals surface area contributed by atoms with Crippen molar-refractivity contribution in [3.63, 3.8) is 0 Å². The van der Waals surface area contributed by atoms with E-state index in [1.165, 1.54) is 12.1 Å². The van der Waals surface area contributed by atoms with Crippen LogP contribution in [0.2, 0.25) is 0 Å². The summed E-state index contributed by atoms with van der Waals surface area (Å²) in [4.78, 5) is 4.26. The van der Waals surface area contributed by atoms with Gasteiger partial charge in [-0.25, -0.2) is 4.39 Å². The van der Waals surface area contributed by atoms with Gasteiger partial charge in [-0.1, -0.05) is 21.1 Å². The number of aromatic nitrogens is 2. The lowest BCUT2D eigenvalue weighted by atomic mass is 10.0. The minimum Gasteiger partial charge on any atom is -0.339 e. The second-order valence-electron chi connectivity index (χ2n) is 5.12. The fourth-order valence-corrected chi connectivity index (χ4v) is 1.99. The van der Waals surface area contributed by atoms with Crippen LogP contribution in [0.15, 0.2) is 27.2 Å². The number of hydrogen-bond acceptors (Lipinski definition) is 4. The molecule has 0 saturated heterocycles. The maximum Gasteiger partial charge on any atom is 0.227 e. The molecule has 1 aromatic carbocycles. The second kappa shape index (κ2) is 5.38. The average Bonchev–Trinajstić information content (AvgIpc) is 2.77. The molecule has 0 saturated carbocycles. The van der Waals surface area contributed by atoms with E-state index in [1.807, 2.05) is 13.8 Å². The standard InChI is InChI=1S/C13H15BrFN3O/c1-13(2,16)6-5-11-17-12(18-19-11)9-7-8(15)3-4-10(9)14/h3-4,7H,5-6,16H2,1-2H3. The van der Waals surface area contributed by atoms with Crippen LogP contribution in [-0.2, 0) is 6.42 Å². The van der Waals surface area contributed by atoms with E-state index < -0.39 is 0 Å². The Labute approximate surface area is 119 Å². The van der Waals surface area contributed by atoms with Gasteiger partial charge in [0.15, 0.2) is 0 Å². The highest BCUT2D eigenvalue weighted by Crippen LogP contribution is 2.27. The molecule has 0 bridgehead atoms. The highest BCUT2D eigenvalue weighted by Gasteiger charge is 2.16. The van der Waals surface area contributed by atoms with Gasteiger partial charge < -0.3 is 10.3 Å². The van der Waals surface area contributed by atoms with Crippen molar-refractivity contribution < 1.29 is 8.91 Å². The first-order valence-corrected chi connectivity index (χ1v) is 6.71. The van der Waals surface area contributed by atoms with E-state index >= 15 is 0 Å². The van der Waals surface area contributed by atoms with Crippen LogP contribution in [0.1, 0.15) is 26.2 Å². The Morgan fingerprint density at radius 2 is 2.16 bits per heavy atom. The summed E-state index contributed by atoms with van der Waals surface area (Å²) in [5.74, 6) is 0.536. The quantitative estimate of drug-likeness (QED) is 0.935. The molecule has 0 radical (unpaired) electrons. The molecule has 0 aliphatic rings. The zero-order valence-electron chi connectivity index (χ0n) is 10.8. The van der Waals surface area contributed by atoms with Crippen LogP contribution in [0.3, 0.4) is 0 Å². The molecule has 2 rings (SSSR count). The van der Waals surface area contributed by atoms with Gasteiger partial charge in [0.1, 0.15) is 5.82 Å². The molecule has 1 heterocycles. The maximum absolute atomic E-state index is 13.2. The highest BCUT2D eigenvalue weighted by atomic mass is 79.9. The summed E-state index contributed by atoms with van der Waals surface area (Å²) < 4.78 is 19.1. The highest BCUT2D eigenvalue weighted by molar-refractivity contribution is 9.10. The normalized spacial score (nSPS) is 11.8. The number of rotatable bonds is 4. The maximum atomic E-state index is 13.2. The molecule has 2 N–H and O–H groups in total. The number of halogens is 2. The fraction of sp³-hybridized carbons (Fsp3) is 0.385. The molecule has 0 unspecified atom stereocenters. The van der Waals surface area contributed by atoms with Gasteiger partial charge >= 0.3 is 0 Å². The number of nitrogens with zero attached hydrogens (tertiary/aromatic N) is 2. The molecule has 0 atom stereocenters. The van der Waals surface area contributed by atoms with Crippen molar-refractivity contribution in [3.8, 4) is 11.4 Å². The van der Waals surface area contributed by atoms with Crippen LogP contribution in [0.4, 0.5) is 4.39 Å². The average molecular weight is 328 g/mol. The van der Waals surface area contributed by atoms with E-state index in [4.69, 9.17) is 10.3 Å². The summed E-state index contributed by atoms with van der Waals surface area (Å²) in [5.41, 5.74) is 6.19. The van der Waals surface area contributed by atoms with Crippen molar-refractivity contribution in [1.29, 1.82) is 0 Å². The van der Waals surface area contributed by atoms with Gasteiger partial charge in [-0.2, -0.15) is 4.98 Å². The lowest BCUT2D eigenvalue weighted by Crippen LogP contribution is -2.32. The molecule has 0 spiro atoms. The molecular weight excluding hydrogens is 313 g/mol. The summed E-state index contributed by atoms with van der Waals surface area (Å²) in [6.07, 6.45) is 1.34. The van der Waals surface area contributed by atoms with Gasteiger partial charge in [0.25, 0.3) is 0 Å². The van der Waals surface area contributed by atoms with Crippen molar-refractivity contribution in [2.24, 2.45) is 5.73 Å². The first-order valence-electron chi connectivity index (χ1n) is 5.92. The molecule has 102 valence electrons. The van der Waals surface area contributed by atoms with Gasteiger partial charge in [0.05, 0.1) is 0 Å². The van der Waals surface area contributed by atoms with Crippen molar-refractivity contribution in [1.82, 2.24) is 10.1 Å². The summed E-state index contributed by atoms with van der Waals surface area (Å²) >= 11 is 3.34. The van der Waals surface area contributed by atoms with Gasteiger partial charge in [-0.3, -0.25) is 0 Å². The van der Waals surface area contributed by atoms with Crippen LogP contribution in [0.25, 0.3) is 11.4 Å². The molecule has 1 aromatic heterocycles. The lowest BCUT2D eigenvalue weighted by molar-refractivity contribution is 0.358. The summed E-state index contributed by atoms with van der Waals surface area (Å²) in [6, 6.07) is 4.35.